The van der Waals surface area contributed by atoms with Crippen LogP contribution in [0.15, 0.2) is 51.9 Å². The Bertz CT molecular complexity index is 1280. The van der Waals surface area contributed by atoms with Crippen LogP contribution in [0.4, 0.5) is 0 Å². The summed E-state index contributed by atoms with van der Waals surface area (Å²) in [6.07, 6.45) is 1.51. The van der Waals surface area contributed by atoms with Crippen LogP contribution >= 0.6 is 11.3 Å². The van der Waals surface area contributed by atoms with Crippen molar-refractivity contribution < 1.29 is 18.7 Å². The lowest BCUT2D eigenvalue weighted by atomic mass is 10.0. The number of rotatable bonds is 7. The third-order valence-corrected chi connectivity index (χ3v) is 5.79. The molecule has 3 aromatic heterocycles. The SMILES string of the molecule is CCOC(=O)c1ccc(Cn2cnc3sc(C)c(-c4ccc(OCC)cc4)c3c2=O)o1. The van der Waals surface area contributed by atoms with Crippen LogP contribution in [0.5, 0.6) is 5.75 Å². The molecule has 1 aromatic carbocycles. The Morgan fingerprint density at radius 3 is 2.61 bits per heavy atom. The van der Waals surface area contributed by atoms with Crippen molar-refractivity contribution in [3.05, 3.63) is 69.5 Å². The number of esters is 1. The van der Waals surface area contributed by atoms with Crippen molar-refractivity contribution in [1.29, 1.82) is 0 Å². The number of thiophene rings is 1. The van der Waals surface area contributed by atoms with Gasteiger partial charge in [0.1, 0.15) is 16.3 Å². The van der Waals surface area contributed by atoms with Crippen LogP contribution in [0.3, 0.4) is 0 Å². The first kappa shape index (κ1) is 20.9. The van der Waals surface area contributed by atoms with Crippen molar-refractivity contribution in [3.63, 3.8) is 0 Å². The Morgan fingerprint density at radius 2 is 1.90 bits per heavy atom. The number of hydrogen-bond acceptors (Lipinski definition) is 7. The van der Waals surface area contributed by atoms with Gasteiger partial charge in [-0.1, -0.05) is 12.1 Å². The molecule has 160 valence electrons. The lowest BCUT2D eigenvalue weighted by Gasteiger charge is -2.07. The number of aryl methyl sites for hydroxylation is 1. The number of carbonyl (C=O) groups is 1. The first-order valence-corrected chi connectivity index (χ1v) is 10.8. The molecule has 8 heteroatoms. The van der Waals surface area contributed by atoms with E-state index in [0.717, 1.165) is 21.8 Å². The quantitative estimate of drug-likeness (QED) is 0.391. The molecule has 0 aliphatic rings. The minimum atomic E-state index is -0.527. The molecule has 0 atom stereocenters. The number of nitrogens with zero attached hydrogens (tertiary/aromatic N) is 2. The molecule has 31 heavy (non-hydrogen) atoms. The second-order valence-corrected chi connectivity index (χ2v) is 8.04. The minimum absolute atomic E-state index is 0.111. The number of furan rings is 1. The van der Waals surface area contributed by atoms with Crippen LogP contribution in [0.25, 0.3) is 21.3 Å². The maximum absolute atomic E-state index is 13.3. The summed E-state index contributed by atoms with van der Waals surface area (Å²) in [5.74, 6) is 0.844. The van der Waals surface area contributed by atoms with E-state index < -0.39 is 5.97 Å². The third kappa shape index (κ3) is 4.11. The van der Waals surface area contributed by atoms with Crippen molar-refractivity contribution in [2.24, 2.45) is 0 Å². The zero-order chi connectivity index (χ0) is 22.0. The van der Waals surface area contributed by atoms with E-state index in [2.05, 4.69) is 4.98 Å². The van der Waals surface area contributed by atoms with E-state index in [0.29, 0.717) is 22.6 Å². The van der Waals surface area contributed by atoms with E-state index in [1.807, 2.05) is 38.1 Å². The van der Waals surface area contributed by atoms with Crippen molar-refractivity contribution in [2.45, 2.75) is 27.3 Å². The molecule has 0 aliphatic heterocycles. The summed E-state index contributed by atoms with van der Waals surface area (Å²) in [7, 11) is 0. The first-order chi connectivity index (χ1) is 15.0. The van der Waals surface area contributed by atoms with Crippen LogP contribution in [-0.2, 0) is 11.3 Å². The van der Waals surface area contributed by atoms with E-state index in [4.69, 9.17) is 13.9 Å². The Morgan fingerprint density at radius 1 is 1.13 bits per heavy atom. The number of hydrogen-bond donors (Lipinski definition) is 0. The highest BCUT2D eigenvalue weighted by Gasteiger charge is 2.18. The lowest BCUT2D eigenvalue weighted by molar-refractivity contribution is 0.0488. The van der Waals surface area contributed by atoms with Crippen LogP contribution in [0.1, 0.15) is 35.0 Å². The molecule has 0 aliphatic carbocycles. The molecule has 0 unspecified atom stereocenters. The zero-order valence-electron chi connectivity index (χ0n) is 17.5. The molecule has 7 nitrogen and oxygen atoms in total. The number of carbonyl (C=O) groups excluding carboxylic acids is 1. The molecule has 0 fully saturated rings. The summed E-state index contributed by atoms with van der Waals surface area (Å²) < 4.78 is 17.5. The molecular weight excluding hydrogens is 416 g/mol. The predicted octanol–water partition coefficient (Wildman–Crippen LogP) is 4.65. The predicted molar refractivity (Wildman–Crippen MR) is 119 cm³/mol. The van der Waals surface area contributed by atoms with Gasteiger partial charge in [-0.25, -0.2) is 9.78 Å². The zero-order valence-corrected chi connectivity index (χ0v) is 18.3. The van der Waals surface area contributed by atoms with E-state index >= 15 is 0 Å². The fourth-order valence-electron chi connectivity index (χ4n) is 3.42. The van der Waals surface area contributed by atoms with E-state index in [1.165, 1.54) is 22.2 Å². The van der Waals surface area contributed by atoms with Crippen molar-refractivity contribution in [2.75, 3.05) is 13.2 Å². The monoisotopic (exact) mass is 438 g/mol. The van der Waals surface area contributed by atoms with Gasteiger partial charge in [-0.05, 0) is 50.6 Å². The highest BCUT2D eigenvalue weighted by molar-refractivity contribution is 7.19. The summed E-state index contributed by atoms with van der Waals surface area (Å²) in [6.45, 7) is 6.68. The van der Waals surface area contributed by atoms with Gasteiger partial charge in [0, 0.05) is 10.4 Å². The van der Waals surface area contributed by atoms with Gasteiger partial charge in [0.25, 0.3) is 5.56 Å². The fourth-order valence-corrected chi connectivity index (χ4v) is 4.43. The number of aromatic nitrogens is 2. The molecule has 0 saturated heterocycles. The normalized spacial score (nSPS) is 11.1. The van der Waals surface area contributed by atoms with Gasteiger partial charge in [-0.15, -0.1) is 11.3 Å². The van der Waals surface area contributed by atoms with E-state index in [9.17, 15) is 9.59 Å². The Hall–Kier alpha value is -3.39. The largest absolute Gasteiger partial charge is 0.494 e. The smallest absolute Gasteiger partial charge is 0.374 e. The number of benzene rings is 1. The van der Waals surface area contributed by atoms with Gasteiger partial charge < -0.3 is 13.9 Å². The lowest BCUT2D eigenvalue weighted by Crippen LogP contribution is -2.20. The molecule has 3 heterocycles. The van der Waals surface area contributed by atoms with Crippen LogP contribution in [0, 0.1) is 6.92 Å². The number of fused-ring (bicyclic) bond motifs is 1. The van der Waals surface area contributed by atoms with Gasteiger partial charge in [0.15, 0.2) is 0 Å². The summed E-state index contributed by atoms with van der Waals surface area (Å²) in [4.78, 5) is 31.3. The van der Waals surface area contributed by atoms with Crippen LogP contribution < -0.4 is 10.3 Å². The second kappa shape index (κ2) is 8.77. The molecule has 0 amide bonds. The van der Waals surface area contributed by atoms with Gasteiger partial charge in [0.05, 0.1) is 31.5 Å². The summed E-state index contributed by atoms with van der Waals surface area (Å²) in [5.41, 5.74) is 1.65. The summed E-state index contributed by atoms with van der Waals surface area (Å²) in [5, 5.41) is 0.575. The Balaban J connectivity index is 1.71. The maximum Gasteiger partial charge on any atom is 0.374 e. The van der Waals surface area contributed by atoms with E-state index in [-0.39, 0.29) is 24.5 Å². The average Bonchev–Trinajstić information content (AvgIpc) is 3.36. The maximum atomic E-state index is 13.3. The van der Waals surface area contributed by atoms with Crippen LogP contribution in [-0.4, -0.2) is 28.7 Å². The number of ether oxygens (including phenoxy) is 2. The Labute approximate surface area is 182 Å². The molecule has 0 saturated carbocycles. The standard InChI is InChI=1S/C23H22N2O5S/c1-4-28-16-8-6-15(7-9-16)19-14(3)31-21-20(19)22(26)25(13-24-21)12-17-10-11-18(30-17)23(27)29-5-2/h6-11,13H,4-5,12H2,1-3H3. The van der Waals surface area contributed by atoms with Crippen molar-refractivity contribution in [1.82, 2.24) is 9.55 Å². The average molecular weight is 439 g/mol. The minimum Gasteiger partial charge on any atom is -0.494 e. The highest BCUT2D eigenvalue weighted by Crippen LogP contribution is 2.36. The van der Waals surface area contributed by atoms with Gasteiger partial charge in [-0.3, -0.25) is 9.36 Å². The van der Waals surface area contributed by atoms with Crippen molar-refractivity contribution in [3.8, 4) is 16.9 Å². The molecule has 0 N–H and O–H groups in total. The topological polar surface area (TPSA) is 83.6 Å². The second-order valence-electron chi connectivity index (χ2n) is 6.83. The Kier molecular flexibility index (Phi) is 5.90. The van der Waals surface area contributed by atoms with E-state index in [1.54, 1.807) is 19.1 Å². The molecule has 0 bridgehead atoms. The molecular formula is C23H22N2O5S. The highest BCUT2D eigenvalue weighted by atomic mass is 32.1. The van der Waals surface area contributed by atoms with Gasteiger partial charge in [-0.2, -0.15) is 0 Å². The molecule has 4 rings (SSSR count). The molecule has 0 spiro atoms. The van der Waals surface area contributed by atoms with Crippen molar-refractivity contribution >= 4 is 27.5 Å². The van der Waals surface area contributed by atoms with Crippen LogP contribution in [0.2, 0.25) is 0 Å². The summed E-state index contributed by atoms with van der Waals surface area (Å²) in [6, 6.07) is 10.9. The third-order valence-electron chi connectivity index (χ3n) is 4.77. The molecule has 4 aromatic rings. The molecule has 0 radical (unpaired) electrons. The van der Waals surface area contributed by atoms with Gasteiger partial charge in [0.2, 0.25) is 5.76 Å². The first-order valence-electron chi connectivity index (χ1n) is 9.99. The summed E-state index contributed by atoms with van der Waals surface area (Å²) >= 11 is 1.49. The van der Waals surface area contributed by atoms with Gasteiger partial charge >= 0.3 is 5.97 Å². The fraction of sp³-hybridized carbons (Fsp3) is 0.261.